The van der Waals surface area contributed by atoms with Crippen LogP contribution in [0.15, 0.2) is 27.6 Å². The van der Waals surface area contributed by atoms with Crippen LogP contribution in [0.25, 0.3) is 0 Å². The van der Waals surface area contributed by atoms with Crippen molar-refractivity contribution in [1.29, 1.82) is 0 Å². The molecule has 0 spiro atoms. The number of ether oxygens (including phenoxy) is 1. The third-order valence-corrected chi connectivity index (χ3v) is 4.02. The number of carbonyl (C=O) groups is 1. The van der Waals surface area contributed by atoms with Crippen molar-refractivity contribution in [1.82, 2.24) is 0 Å². The maximum atomic E-state index is 11.5. The fourth-order valence-electron chi connectivity index (χ4n) is 1.13. The van der Waals surface area contributed by atoms with Gasteiger partial charge >= 0.3 is 5.97 Å². The van der Waals surface area contributed by atoms with Crippen molar-refractivity contribution in [3.63, 3.8) is 0 Å². The lowest BCUT2D eigenvalue weighted by Crippen LogP contribution is -2.10. The molecular formula is C9H8BrClO4S. The first-order valence-corrected chi connectivity index (χ1v) is 7.38. The molecule has 0 atom stereocenters. The van der Waals surface area contributed by atoms with Gasteiger partial charge in [0.1, 0.15) is 4.90 Å². The van der Waals surface area contributed by atoms with Gasteiger partial charge in [-0.15, -0.1) is 0 Å². The molecule has 0 saturated heterocycles. The zero-order valence-corrected chi connectivity index (χ0v) is 11.4. The number of halogens is 2. The van der Waals surface area contributed by atoms with Gasteiger partial charge in [0.05, 0.1) is 12.2 Å². The Morgan fingerprint density at radius 3 is 2.62 bits per heavy atom. The van der Waals surface area contributed by atoms with Crippen LogP contribution in [0.4, 0.5) is 0 Å². The van der Waals surface area contributed by atoms with Gasteiger partial charge in [0.25, 0.3) is 9.05 Å². The van der Waals surface area contributed by atoms with Gasteiger partial charge in [-0.05, 0) is 35.0 Å². The summed E-state index contributed by atoms with van der Waals surface area (Å²) >= 11 is 3.03. The lowest BCUT2D eigenvalue weighted by molar-refractivity contribution is 0.0521. The third-order valence-electron chi connectivity index (χ3n) is 1.71. The van der Waals surface area contributed by atoms with Gasteiger partial charge < -0.3 is 4.74 Å². The number of carbonyl (C=O) groups excluding carboxylic acids is 1. The van der Waals surface area contributed by atoms with E-state index in [1.54, 1.807) is 6.92 Å². The van der Waals surface area contributed by atoms with Crippen LogP contribution < -0.4 is 0 Å². The molecule has 4 nitrogen and oxygen atoms in total. The van der Waals surface area contributed by atoms with Gasteiger partial charge in [-0.3, -0.25) is 0 Å². The first kappa shape index (κ1) is 13.5. The Labute approximate surface area is 106 Å². The van der Waals surface area contributed by atoms with Crippen LogP contribution in [0, 0.1) is 0 Å². The van der Waals surface area contributed by atoms with Crippen molar-refractivity contribution in [2.24, 2.45) is 0 Å². The van der Waals surface area contributed by atoms with Gasteiger partial charge in [0.2, 0.25) is 0 Å². The Hall–Kier alpha value is -0.590. The standard InChI is InChI=1S/C9H8BrClO4S/c1-2-15-9(12)6-4-3-5-7(10)8(6)16(11,13)14/h3-5H,2H2,1H3. The number of benzene rings is 1. The molecule has 0 aliphatic rings. The monoisotopic (exact) mass is 326 g/mol. The lowest BCUT2D eigenvalue weighted by atomic mass is 10.2. The molecule has 0 fully saturated rings. The van der Waals surface area contributed by atoms with Gasteiger partial charge in [0.15, 0.2) is 0 Å². The van der Waals surface area contributed by atoms with Crippen molar-refractivity contribution in [3.8, 4) is 0 Å². The summed E-state index contributed by atoms with van der Waals surface area (Å²) in [5.74, 6) is -0.719. The molecule has 0 aliphatic heterocycles. The molecule has 0 radical (unpaired) electrons. The van der Waals surface area contributed by atoms with E-state index in [1.165, 1.54) is 18.2 Å². The van der Waals surface area contributed by atoms with Crippen LogP contribution in [0.3, 0.4) is 0 Å². The molecule has 0 bridgehead atoms. The van der Waals surface area contributed by atoms with Crippen molar-refractivity contribution in [3.05, 3.63) is 28.2 Å². The summed E-state index contributed by atoms with van der Waals surface area (Å²) in [5.41, 5.74) is -0.0776. The van der Waals surface area contributed by atoms with E-state index < -0.39 is 15.0 Å². The van der Waals surface area contributed by atoms with Crippen molar-refractivity contribution >= 4 is 41.6 Å². The summed E-state index contributed by atoms with van der Waals surface area (Å²) in [4.78, 5) is 11.2. The molecule has 0 heterocycles. The zero-order valence-electron chi connectivity index (χ0n) is 8.24. The number of rotatable bonds is 3. The zero-order chi connectivity index (χ0) is 12.3. The molecule has 0 saturated carbocycles. The molecule has 0 aliphatic carbocycles. The highest BCUT2D eigenvalue weighted by atomic mass is 79.9. The Morgan fingerprint density at radius 1 is 1.50 bits per heavy atom. The highest BCUT2D eigenvalue weighted by Gasteiger charge is 2.24. The van der Waals surface area contributed by atoms with Crippen LogP contribution in [0.1, 0.15) is 17.3 Å². The smallest absolute Gasteiger partial charge is 0.339 e. The predicted molar refractivity (Wildman–Crippen MR) is 63.1 cm³/mol. The largest absolute Gasteiger partial charge is 0.462 e. The molecule has 0 unspecified atom stereocenters. The Balaban J connectivity index is 3.41. The van der Waals surface area contributed by atoms with Crippen molar-refractivity contribution < 1.29 is 17.9 Å². The highest BCUT2D eigenvalue weighted by molar-refractivity contribution is 9.10. The normalized spacial score (nSPS) is 11.2. The van der Waals surface area contributed by atoms with E-state index in [2.05, 4.69) is 15.9 Å². The molecule has 1 aromatic carbocycles. The summed E-state index contributed by atoms with van der Waals surface area (Å²) in [6, 6.07) is 4.36. The summed E-state index contributed by atoms with van der Waals surface area (Å²) in [6.45, 7) is 1.79. The second kappa shape index (κ2) is 5.16. The molecule has 88 valence electrons. The van der Waals surface area contributed by atoms with Crippen LogP contribution in [-0.4, -0.2) is 21.0 Å². The quantitative estimate of drug-likeness (QED) is 0.632. The Bertz CT molecular complexity index is 512. The van der Waals surface area contributed by atoms with Crippen molar-refractivity contribution in [2.75, 3.05) is 6.61 Å². The summed E-state index contributed by atoms with van der Waals surface area (Å²) in [7, 11) is 1.24. The van der Waals surface area contributed by atoms with E-state index in [1.807, 2.05) is 0 Å². The minimum Gasteiger partial charge on any atom is -0.462 e. The number of hydrogen-bond donors (Lipinski definition) is 0. The third kappa shape index (κ3) is 2.96. The lowest BCUT2D eigenvalue weighted by Gasteiger charge is -2.07. The van der Waals surface area contributed by atoms with Crippen LogP contribution in [0.2, 0.25) is 0 Å². The van der Waals surface area contributed by atoms with Crippen LogP contribution in [0.5, 0.6) is 0 Å². The number of hydrogen-bond acceptors (Lipinski definition) is 4. The van der Waals surface area contributed by atoms with Crippen LogP contribution >= 0.6 is 26.6 Å². The average Bonchev–Trinajstić information content (AvgIpc) is 2.15. The van der Waals surface area contributed by atoms with Gasteiger partial charge in [-0.25, -0.2) is 13.2 Å². The average molecular weight is 328 g/mol. The van der Waals surface area contributed by atoms with E-state index in [4.69, 9.17) is 15.4 Å². The van der Waals surface area contributed by atoms with Gasteiger partial charge in [-0.1, -0.05) is 6.07 Å². The topological polar surface area (TPSA) is 60.4 Å². The first-order valence-electron chi connectivity index (χ1n) is 4.28. The SMILES string of the molecule is CCOC(=O)c1cccc(Br)c1S(=O)(=O)Cl. The van der Waals surface area contributed by atoms with Crippen molar-refractivity contribution in [2.45, 2.75) is 11.8 Å². The van der Waals surface area contributed by atoms with E-state index >= 15 is 0 Å². The van der Waals surface area contributed by atoms with E-state index in [-0.39, 0.29) is 21.5 Å². The molecule has 16 heavy (non-hydrogen) atoms. The minimum absolute atomic E-state index is 0.0776. The Kier molecular flexibility index (Phi) is 4.35. The number of esters is 1. The fourth-order valence-corrected chi connectivity index (χ4v) is 3.63. The first-order chi connectivity index (χ1) is 7.38. The van der Waals surface area contributed by atoms with E-state index in [9.17, 15) is 13.2 Å². The van der Waals surface area contributed by atoms with Gasteiger partial charge in [-0.2, -0.15) is 0 Å². The van der Waals surface area contributed by atoms with E-state index in [0.717, 1.165) is 0 Å². The summed E-state index contributed by atoms with van der Waals surface area (Å²) in [6.07, 6.45) is 0. The summed E-state index contributed by atoms with van der Waals surface area (Å²) in [5, 5.41) is 0. The van der Waals surface area contributed by atoms with Crippen LogP contribution in [-0.2, 0) is 13.8 Å². The Morgan fingerprint density at radius 2 is 2.12 bits per heavy atom. The second-order valence-electron chi connectivity index (χ2n) is 2.77. The maximum absolute atomic E-state index is 11.5. The minimum atomic E-state index is -4.00. The van der Waals surface area contributed by atoms with Gasteiger partial charge in [0, 0.05) is 15.2 Å². The molecule has 1 rings (SSSR count). The summed E-state index contributed by atoms with van der Waals surface area (Å²) < 4.78 is 27.6. The second-order valence-corrected chi connectivity index (χ2v) is 6.13. The van der Waals surface area contributed by atoms with E-state index in [0.29, 0.717) is 0 Å². The molecule has 0 aromatic heterocycles. The molecular weight excluding hydrogens is 320 g/mol. The molecule has 0 amide bonds. The fraction of sp³-hybridized carbons (Fsp3) is 0.222. The molecule has 1 aromatic rings. The maximum Gasteiger partial charge on any atom is 0.339 e. The predicted octanol–water partition coefficient (Wildman–Crippen LogP) is 2.55. The molecule has 0 N–H and O–H groups in total. The highest BCUT2D eigenvalue weighted by Crippen LogP contribution is 2.29. The molecule has 7 heteroatoms.